The summed E-state index contributed by atoms with van der Waals surface area (Å²) in [6.07, 6.45) is 2.98. The molecule has 3 aliphatic heterocycles. The first-order valence-corrected chi connectivity index (χ1v) is 9.52. The van der Waals surface area contributed by atoms with E-state index >= 15 is 0 Å². The van der Waals surface area contributed by atoms with Crippen LogP contribution in [0.3, 0.4) is 0 Å². The van der Waals surface area contributed by atoms with Crippen LogP contribution in [-0.4, -0.2) is 45.8 Å². The Hall–Kier alpha value is -3.51. The highest BCUT2D eigenvalue weighted by Gasteiger charge is 2.61. The largest absolute Gasteiger partial charge is 0.337 e. The van der Waals surface area contributed by atoms with Crippen LogP contribution in [0.4, 0.5) is 4.79 Å². The number of ketones is 2. The Balaban J connectivity index is 1.47. The molecule has 6 rings (SSSR count). The van der Waals surface area contributed by atoms with E-state index in [4.69, 9.17) is 4.74 Å². The van der Waals surface area contributed by atoms with Crippen molar-refractivity contribution in [3.8, 4) is 0 Å². The number of hydrogen-bond acceptors (Lipinski definition) is 4. The smallest absolute Gasteiger partial charge is 0.327 e. The average molecular weight is 384 g/mol. The van der Waals surface area contributed by atoms with Crippen LogP contribution in [0, 0.1) is 0 Å². The highest BCUT2D eigenvalue weighted by Crippen LogP contribution is 2.48. The predicted octanol–water partition coefficient (Wildman–Crippen LogP) is 2.92. The molecule has 6 nitrogen and oxygen atoms in total. The van der Waals surface area contributed by atoms with E-state index in [9.17, 15) is 14.4 Å². The van der Waals surface area contributed by atoms with E-state index in [0.29, 0.717) is 24.2 Å². The Bertz CT molecular complexity index is 1170. The minimum Gasteiger partial charge on any atom is -0.337 e. The summed E-state index contributed by atoms with van der Waals surface area (Å²) in [6, 6.07) is 16.1. The number of carbonyl (C=O) groups is 3. The van der Waals surface area contributed by atoms with Crippen LogP contribution in [0.1, 0.15) is 26.3 Å². The number of hydrogen-bond donors (Lipinski definition) is 0. The van der Waals surface area contributed by atoms with Crippen LogP contribution >= 0.6 is 0 Å². The number of ether oxygens (including phenoxy) is 1. The van der Waals surface area contributed by atoms with Gasteiger partial charge < -0.3 is 9.64 Å². The van der Waals surface area contributed by atoms with Crippen molar-refractivity contribution in [1.29, 1.82) is 0 Å². The lowest BCUT2D eigenvalue weighted by Crippen LogP contribution is -2.54. The number of benzene rings is 2. The Labute approximate surface area is 166 Å². The fourth-order valence-corrected chi connectivity index (χ4v) is 4.70. The summed E-state index contributed by atoms with van der Waals surface area (Å²) in [5, 5.41) is 0. The van der Waals surface area contributed by atoms with Gasteiger partial charge in [0, 0.05) is 17.7 Å². The van der Waals surface area contributed by atoms with Crippen LogP contribution in [0.2, 0.25) is 0 Å². The summed E-state index contributed by atoms with van der Waals surface area (Å²) < 4.78 is 6.17. The first-order chi connectivity index (χ1) is 14.1. The summed E-state index contributed by atoms with van der Waals surface area (Å²) >= 11 is 0. The Kier molecular flexibility index (Phi) is 3.13. The fraction of sp³-hybridized carbons (Fsp3) is 0.174. The molecule has 2 atom stereocenters. The van der Waals surface area contributed by atoms with Crippen LogP contribution in [0.5, 0.6) is 0 Å². The zero-order valence-corrected chi connectivity index (χ0v) is 15.4. The molecule has 2 amide bonds. The SMILES string of the molecule is O=C1C2=C(C(=O)c3ccccc31)N1C(=O)N(Cc3ccccc3)C[C@@]13C=C[C@@H]2O3. The molecule has 0 saturated carbocycles. The van der Waals surface area contributed by atoms with Gasteiger partial charge in [-0.2, -0.15) is 0 Å². The van der Waals surface area contributed by atoms with Crippen molar-refractivity contribution in [2.45, 2.75) is 18.4 Å². The van der Waals surface area contributed by atoms with Gasteiger partial charge in [-0.3, -0.25) is 14.5 Å². The number of amides is 2. The minimum absolute atomic E-state index is 0.163. The third kappa shape index (κ3) is 2.06. The summed E-state index contributed by atoms with van der Waals surface area (Å²) in [5.41, 5.74) is 1.06. The molecule has 2 aromatic carbocycles. The number of nitrogens with zero attached hydrogens (tertiary/aromatic N) is 2. The molecule has 0 radical (unpaired) electrons. The first-order valence-electron chi connectivity index (χ1n) is 9.52. The van der Waals surface area contributed by atoms with Crippen molar-refractivity contribution < 1.29 is 19.1 Å². The van der Waals surface area contributed by atoms with E-state index < -0.39 is 11.8 Å². The Morgan fingerprint density at radius 2 is 1.62 bits per heavy atom. The maximum Gasteiger partial charge on any atom is 0.327 e. The van der Waals surface area contributed by atoms with Gasteiger partial charge in [-0.25, -0.2) is 4.79 Å². The molecule has 1 spiro atoms. The van der Waals surface area contributed by atoms with Gasteiger partial charge >= 0.3 is 6.03 Å². The lowest BCUT2D eigenvalue weighted by atomic mass is 9.84. The second kappa shape index (κ2) is 5.52. The van der Waals surface area contributed by atoms with Crippen LogP contribution in [0.15, 0.2) is 78.0 Å². The minimum atomic E-state index is -1.04. The Morgan fingerprint density at radius 3 is 2.38 bits per heavy atom. The standard InChI is InChI=1S/C23H16N2O4/c26-20-15-8-4-5-9-16(15)21(27)19-18(20)17-10-11-23(29-17)13-24(22(28)25(19)23)12-14-6-2-1-3-7-14/h1-11,17H,12-13H2/t17-,23-/m0/s1. The van der Waals surface area contributed by atoms with Crippen molar-refractivity contribution >= 4 is 17.6 Å². The van der Waals surface area contributed by atoms with E-state index in [0.717, 1.165) is 5.56 Å². The van der Waals surface area contributed by atoms with Crippen LogP contribution in [-0.2, 0) is 11.3 Å². The molecule has 0 unspecified atom stereocenters. The highest BCUT2D eigenvalue weighted by molar-refractivity contribution is 6.28. The molecular weight excluding hydrogens is 368 g/mol. The molecule has 3 heterocycles. The normalized spacial score (nSPS) is 26.8. The molecule has 0 aromatic heterocycles. The molecule has 1 saturated heterocycles. The summed E-state index contributed by atoms with van der Waals surface area (Å²) in [5.74, 6) is -0.554. The van der Waals surface area contributed by atoms with E-state index in [-0.39, 0.29) is 28.9 Å². The number of carbonyl (C=O) groups excluding carboxylic acids is 3. The quantitative estimate of drug-likeness (QED) is 0.747. The lowest BCUT2D eigenvalue weighted by molar-refractivity contribution is -0.0801. The van der Waals surface area contributed by atoms with Gasteiger partial charge in [0.1, 0.15) is 11.8 Å². The zero-order valence-electron chi connectivity index (χ0n) is 15.4. The van der Waals surface area contributed by atoms with E-state index in [1.165, 1.54) is 4.90 Å². The maximum atomic E-state index is 13.4. The second-order valence-electron chi connectivity index (χ2n) is 7.67. The van der Waals surface area contributed by atoms with Crippen LogP contribution < -0.4 is 0 Å². The summed E-state index contributed by atoms with van der Waals surface area (Å²) in [7, 11) is 0. The number of rotatable bonds is 2. The third-order valence-electron chi connectivity index (χ3n) is 5.98. The van der Waals surface area contributed by atoms with E-state index in [1.54, 1.807) is 35.2 Å². The van der Waals surface area contributed by atoms with Crippen molar-refractivity contribution in [1.82, 2.24) is 9.80 Å². The molecule has 29 heavy (non-hydrogen) atoms. The second-order valence-corrected chi connectivity index (χ2v) is 7.67. The van der Waals surface area contributed by atoms with Gasteiger partial charge in [-0.05, 0) is 11.6 Å². The highest BCUT2D eigenvalue weighted by atomic mass is 16.5. The third-order valence-corrected chi connectivity index (χ3v) is 5.98. The molecular formula is C23H16N2O4. The monoisotopic (exact) mass is 384 g/mol. The number of Topliss-reactive ketones (excluding diaryl/α,β-unsaturated/α-hetero) is 2. The van der Waals surface area contributed by atoms with E-state index in [2.05, 4.69) is 0 Å². The lowest BCUT2D eigenvalue weighted by Gasteiger charge is -2.40. The van der Waals surface area contributed by atoms with Gasteiger partial charge in [0.25, 0.3) is 0 Å². The van der Waals surface area contributed by atoms with Gasteiger partial charge in [-0.1, -0.05) is 60.7 Å². The molecule has 1 aliphatic carbocycles. The molecule has 6 heteroatoms. The average Bonchev–Trinajstić information content (AvgIpc) is 3.23. The maximum absolute atomic E-state index is 13.4. The number of fused-ring (bicyclic) bond motifs is 4. The topological polar surface area (TPSA) is 66.9 Å². The molecule has 1 fully saturated rings. The van der Waals surface area contributed by atoms with Crippen LogP contribution in [0.25, 0.3) is 0 Å². The van der Waals surface area contributed by atoms with Gasteiger partial charge in [-0.15, -0.1) is 0 Å². The fourth-order valence-electron chi connectivity index (χ4n) is 4.70. The predicted molar refractivity (Wildman–Crippen MR) is 103 cm³/mol. The van der Waals surface area contributed by atoms with Gasteiger partial charge in [0.15, 0.2) is 11.5 Å². The first kappa shape index (κ1) is 16.4. The van der Waals surface area contributed by atoms with Gasteiger partial charge in [0.05, 0.1) is 12.1 Å². The molecule has 4 aliphatic rings. The number of allylic oxidation sites excluding steroid dienone is 1. The molecule has 142 valence electrons. The van der Waals surface area contributed by atoms with Crippen molar-refractivity contribution in [3.63, 3.8) is 0 Å². The van der Waals surface area contributed by atoms with E-state index in [1.807, 2.05) is 36.4 Å². The van der Waals surface area contributed by atoms with Crippen molar-refractivity contribution in [3.05, 3.63) is 94.7 Å². The Morgan fingerprint density at radius 1 is 0.931 bits per heavy atom. The summed E-state index contributed by atoms with van der Waals surface area (Å²) in [4.78, 5) is 43.0. The molecule has 0 N–H and O–H groups in total. The van der Waals surface area contributed by atoms with Crippen molar-refractivity contribution in [2.75, 3.05) is 6.54 Å². The molecule has 2 aromatic rings. The summed E-state index contributed by atoms with van der Waals surface area (Å²) in [6.45, 7) is 0.703. The van der Waals surface area contributed by atoms with Crippen molar-refractivity contribution in [2.24, 2.45) is 0 Å². The molecule has 2 bridgehead atoms. The van der Waals surface area contributed by atoms with Gasteiger partial charge in [0.2, 0.25) is 5.78 Å². The zero-order chi connectivity index (χ0) is 19.8. The number of urea groups is 1.